The molecule has 0 spiro atoms. The maximum atomic E-state index is 11.3. The van der Waals surface area contributed by atoms with Crippen LogP contribution in [0.1, 0.15) is 43.0 Å². The molecule has 0 aromatic heterocycles. The molecule has 35 heavy (non-hydrogen) atoms. The highest BCUT2D eigenvalue weighted by atomic mass is 16.5. The predicted molar refractivity (Wildman–Crippen MR) is 145 cm³/mol. The van der Waals surface area contributed by atoms with Gasteiger partial charge in [0.05, 0.1) is 13.2 Å². The third-order valence-electron chi connectivity index (χ3n) is 5.59. The fourth-order valence-electron chi connectivity index (χ4n) is 3.89. The molecule has 0 saturated heterocycles. The Hall–Kier alpha value is -3.37. The van der Waals surface area contributed by atoms with Crippen molar-refractivity contribution in [1.82, 2.24) is 0 Å². The highest BCUT2D eigenvalue weighted by molar-refractivity contribution is 5.76. The summed E-state index contributed by atoms with van der Waals surface area (Å²) in [4.78, 5) is 11.3. The summed E-state index contributed by atoms with van der Waals surface area (Å²) >= 11 is 0. The van der Waals surface area contributed by atoms with Crippen LogP contribution in [-0.2, 0) is 22.4 Å². The average Bonchev–Trinajstić information content (AvgIpc) is 2.84. The molecule has 0 aliphatic carbocycles. The van der Waals surface area contributed by atoms with E-state index >= 15 is 0 Å². The van der Waals surface area contributed by atoms with E-state index in [9.17, 15) is 4.79 Å². The highest BCUT2D eigenvalue weighted by Crippen LogP contribution is 2.34. The van der Waals surface area contributed by atoms with Crippen molar-refractivity contribution in [3.63, 3.8) is 0 Å². The lowest BCUT2D eigenvalue weighted by atomic mass is 9.90. The Morgan fingerprint density at radius 3 is 2.20 bits per heavy atom. The number of rotatable bonds is 9. The molecule has 3 aromatic carbocycles. The summed E-state index contributed by atoms with van der Waals surface area (Å²) in [5, 5.41) is 9.13. The van der Waals surface area contributed by atoms with Crippen molar-refractivity contribution in [2.45, 2.75) is 47.5 Å². The van der Waals surface area contributed by atoms with E-state index in [1.165, 1.54) is 29.2 Å². The number of hydrogen-bond donors (Lipinski definition) is 1. The smallest absolute Gasteiger partial charge is 0.302 e. The fourth-order valence-corrected chi connectivity index (χ4v) is 3.89. The van der Waals surface area contributed by atoms with Gasteiger partial charge in [0.1, 0.15) is 12.4 Å². The van der Waals surface area contributed by atoms with Crippen LogP contribution >= 0.6 is 0 Å². The van der Waals surface area contributed by atoms with Gasteiger partial charge in [-0.1, -0.05) is 61.0 Å². The first-order valence-corrected chi connectivity index (χ1v) is 12.1. The van der Waals surface area contributed by atoms with Crippen molar-refractivity contribution < 1.29 is 19.4 Å². The number of benzene rings is 3. The third-order valence-corrected chi connectivity index (χ3v) is 5.59. The second-order valence-corrected chi connectivity index (χ2v) is 8.44. The predicted octanol–water partition coefficient (Wildman–Crippen LogP) is 6.87. The van der Waals surface area contributed by atoms with Crippen LogP contribution in [0.25, 0.3) is 22.3 Å². The Morgan fingerprint density at radius 2 is 1.60 bits per heavy atom. The lowest BCUT2D eigenvalue weighted by Gasteiger charge is -2.17. The molecule has 3 rings (SSSR count). The fraction of sp³-hybridized carbons (Fsp3) is 0.323. The van der Waals surface area contributed by atoms with Gasteiger partial charge in [0.25, 0.3) is 0 Å². The summed E-state index contributed by atoms with van der Waals surface area (Å²) in [6.45, 7) is 13.5. The van der Waals surface area contributed by atoms with Crippen LogP contribution in [0, 0.1) is 13.8 Å². The van der Waals surface area contributed by atoms with Gasteiger partial charge in [-0.15, -0.1) is 6.58 Å². The van der Waals surface area contributed by atoms with E-state index in [0.717, 1.165) is 34.4 Å². The Kier molecular flexibility index (Phi) is 11.2. The zero-order valence-corrected chi connectivity index (χ0v) is 21.7. The van der Waals surface area contributed by atoms with Gasteiger partial charge in [0.15, 0.2) is 0 Å². The van der Waals surface area contributed by atoms with E-state index in [-0.39, 0.29) is 19.2 Å². The molecule has 0 heterocycles. The van der Waals surface area contributed by atoms with Gasteiger partial charge in [-0.25, -0.2) is 0 Å². The number of carbonyl (C=O) groups is 1. The molecule has 0 amide bonds. The lowest BCUT2D eigenvalue weighted by molar-refractivity contribution is -0.140. The van der Waals surface area contributed by atoms with E-state index in [0.29, 0.717) is 13.0 Å². The number of allylic oxidation sites excluding steroid dienone is 1. The standard InChI is InChI=1S/C28H32O4.C3H6/c1-5-22-17-24(10-11-26(22)23-8-6-19(2)7-9-23)27-16-20(3)28(32-15-13-29)18-25(27)12-14-31-21(4)30;1-3-2/h6-11,16-18,29H,5,12-15H2,1-4H3;3H,1H2,2H3. The molecule has 4 nitrogen and oxygen atoms in total. The molecule has 3 aromatic rings. The minimum Gasteiger partial charge on any atom is -0.491 e. The molecular weight excluding hydrogens is 436 g/mol. The summed E-state index contributed by atoms with van der Waals surface area (Å²) in [6.07, 6.45) is 3.27. The average molecular weight is 475 g/mol. The Labute approximate surface area is 210 Å². The molecule has 0 bridgehead atoms. The molecule has 4 heteroatoms. The first-order valence-electron chi connectivity index (χ1n) is 12.1. The van der Waals surface area contributed by atoms with Crippen LogP contribution in [-0.4, -0.2) is 30.9 Å². The number of esters is 1. The van der Waals surface area contributed by atoms with Crippen molar-refractivity contribution in [2.24, 2.45) is 0 Å². The van der Waals surface area contributed by atoms with Crippen molar-refractivity contribution in [1.29, 1.82) is 0 Å². The van der Waals surface area contributed by atoms with Gasteiger partial charge in [0, 0.05) is 13.3 Å². The highest BCUT2D eigenvalue weighted by Gasteiger charge is 2.13. The normalized spacial score (nSPS) is 10.2. The van der Waals surface area contributed by atoms with Crippen LogP contribution in [0.5, 0.6) is 5.75 Å². The molecule has 0 unspecified atom stereocenters. The van der Waals surface area contributed by atoms with Crippen LogP contribution in [0.2, 0.25) is 0 Å². The van der Waals surface area contributed by atoms with E-state index in [1.807, 2.05) is 19.9 Å². The molecule has 186 valence electrons. The van der Waals surface area contributed by atoms with E-state index in [2.05, 4.69) is 69.0 Å². The number of aliphatic hydroxyl groups is 1. The van der Waals surface area contributed by atoms with Crippen molar-refractivity contribution >= 4 is 5.97 Å². The van der Waals surface area contributed by atoms with Gasteiger partial charge in [0.2, 0.25) is 0 Å². The maximum Gasteiger partial charge on any atom is 0.302 e. The maximum absolute atomic E-state index is 11.3. The largest absolute Gasteiger partial charge is 0.491 e. The second-order valence-electron chi connectivity index (χ2n) is 8.44. The molecule has 0 saturated carbocycles. The Morgan fingerprint density at radius 1 is 0.943 bits per heavy atom. The van der Waals surface area contributed by atoms with Crippen molar-refractivity contribution in [3.05, 3.63) is 89.5 Å². The topological polar surface area (TPSA) is 55.8 Å². The quantitative estimate of drug-likeness (QED) is 0.272. The number of aryl methyl sites for hydroxylation is 3. The van der Waals surface area contributed by atoms with E-state index < -0.39 is 0 Å². The lowest BCUT2D eigenvalue weighted by Crippen LogP contribution is -2.07. The van der Waals surface area contributed by atoms with Gasteiger partial charge in [-0.05, 0) is 78.3 Å². The van der Waals surface area contributed by atoms with Crippen LogP contribution in [0.4, 0.5) is 0 Å². The molecule has 0 aliphatic rings. The number of ether oxygens (including phenoxy) is 2. The van der Waals surface area contributed by atoms with Gasteiger partial charge in [-0.3, -0.25) is 4.79 Å². The third kappa shape index (κ3) is 8.11. The van der Waals surface area contributed by atoms with Gasteiger partial charge < -0.3 is 14.6 Å². The summed E-state index contributed by atoms with van der Waals surface area (Å²) in [5.74, 6) is 0.457. The zero-order chi connectivity index (χ0) is 25.8. The first kappa shape index (κ1) is 27.9. The number of carbonyl (C=O) groups excluding carboxylic acids is 1. The van der Waals surface area contributed by atoms with Crippen molar-refractivity contribution in [3.8, 4) is 28.0 Å². The second kappa shape index (κ2) is 14.1. The van der Waals surface area contributed by atoms with Crippen molar-refractivity contribution in [2.75, 3.05) is 19.8 Å². The van der Waals surface area contributed by atoms with E-state index in [4.69, 9.17) is 14.6 Å². The molecule has 0 aliphatic heterocycles. The summed E-state index contributed by atoms with van der Waals surface area (Å²) in [6, 6.07) is 19.4. The molecule has 0 radical (unpaired) electrons. The van der Waals surface area contributed by atoms with Gasteiger partial charge in [-0.2, -0.15) is 0 Å². The Balaban J connectivity index is 0.00000137. The zero-order valence-electron chi connectivity index (χ0n) is 21.7. The first-order chi connectivity index (χ1) is 16.8. The number of hydrogen-bond acceptors (Lipinski definition) is 4. The Bertz CT molecular complexity index is 1110. The molecule has 1 N–H and O–H groups in total. The summed E-state index contributed by atoms with van der Waals surface area (Å²) in [5.41, 5.74) is 9.30. The van der Waals surface area contributed by atoms with E-state index in [1.54, 1.807) is 6.08 Å². The van der Waals surface area contributed by atoms with Crippen LogP contribution in [0.3, 0.4) is 0 Å². The minimum atomic E-state index is -0.286. The molecule has 0 atom stereocenters. The number of aliphatic hydroxyl groups excluding tert-OH is 1. The van der Waals surface area contributed by atoms with Gasteiger partial charge >= 0.3 is 5.97 Å². The monoisotopic (exact) mass is 474 g/mol. The summed E-state index contributed by atoms with van der Waals surface area (Å²) in [7, 11) is 0. The van der Waals surface area contributed by atoms with Crippen LogP contribution < -0.4 is 4.74 Å². The molecular formula is C31H38O4. The van der Waals surface area contributed by atoms with Crippen LogP contribution in [0.15, 0.2) is 67.3 Å². The molecule has 0 fully saturated rings. The minimum absolute atomic E-state index is 0.0374. The SMILES string of the molecule is C=CC.CCc1cc(-c2cc(C)c(OCCO)cc2CCOC(C)=O)ccc1-c1ccc(C)cc1. The summed E-state index contributed by atoms with van der Waals surface area (Å²) < 4.78 is 10.9.